The number of ether oxygens (including phenoxy) is 1. The van der Waals surface area contributed by atoms with Gasteiger partial charge in [0.2, 0.25) is 0 Å². The predicted molar refractivity (Wildman–Crippen MR) is 88.1 cm³/mol. The molecule has 1 N–H and O–H groups in total. The topological polar surface area (TPSA) is 92.9 Å². The van der Waals surface area contributed by atoms with Crippen LogP contribution in [0.3, 0.4) is 0 Å². The second-order valence-electron chi connectivity index (χ2n) is 6.33. The van der Waals surface area contributed by atoms with Crippen molar-refractivity contribution in [2.24, 2.45) is 5.92 Å². The van der Waals surface area contributed by atoms with Gasteiger partial charge in [-0.25, -0.2) is 4.39 Å². The maximum absolute atomic E-state index is 13.5. The first-order valence-corrected chi connectivity index (χ1v) is 8.32. The Bertz CT molecular complexity index is 802. The van der Waals surface area contributed by atoms with Gasteiger partial charge in [0.1, 0.15) is 6.61 Å². The van der Waals surface area contributed by atoms with Gasteiger partial charge < -0.3 is 19.3 Å². The largest absolute Gasteiger partial charge is 0.482 e. The molecule has 1 heterocycles. The Labute approximate surface area is 149 Å². The first kappa shape index (κ1) is 17.9. The van der Waals surface area contributed by atoms with Gasteiger partial charge in [-0.3, -0.25) is 9.59 Å². The lowest BCUT2D eigenvalue weighted by molar-refractivity contribution is -0.141. The normalized spacial score (nSPS) is 14.7. The van der Waals surface area contributed by atoms with Crippen molar-refractivity contribution in [1.82, 2.24) is 10.1 Å². The van der Waals surface area contributed by atoms with Crippen LogP contribution in [0.5, 0.6) is 5.75 Å². The summed E-state index contributed by atoms with van der Waals surface area (Å²) >= 11 is 0. The molecule has 1 fully saturated rings. The van der Waals surface area contributed by atoms with Crippen molar-refractivity contribution in [3.05, 3.63) is 47.6 Å². The smallest absolute Gasteiger partial charge is 0.308 e. The number of carbonyl (C=O) groups is 2. The number of nitrogens with zero attached hydrogens (tertiary/aromatic N) is 2. The van der Waals surface area contributed by atoms with Crippen molar-refractivity contribution in [3.63, 3.8) is 0 Å². The number of carboxylic acid groups (broad SMARTS) is 1. The van der Waals surface area contributed by atoms with Gasteiger partial charge in [-0.2, -0.15) is 0 Å². The lowest BCUT2D eigenvalue weighted by Gasteiger charge is -2.23. The second-order valence-corrected chi connectivity index (χ2v) is 6.33. The number of halogens is 1. The third-order valence-corrected chi connectivity index (χ3v) is 4.13. The van der Waals surface area contributed by atoms with E-state index < -0.39 is 17.7 Å². The minimum atomic E-state index is -0.956. The lowest BCUT2D eigenvalue weighted by atomic mass is 10.1. The molecular weight excluding hydrogens is 343 g/mol. The molecule has 8 heteroatoms. The van der Waals surface area contributed by atoms with Gasteiger partial charge in [-0.15, -0.1) is 0 Å². The van der Waals surface area contributed by atoms with E-state index in [1.807, 2.05) is 0 Å². The molecular formula is C18H19FN2O5. The standard InChI is InChI=1S/C18H19FN2O5/c1-11(18(23)24)9-21(12-6-7-12)17(22)15-8-13(26-20-15)10-25-16-5-3-2-4-14(16)19/h2-5,8,11-12H,6-7,9-10H2,1H3,(H,23,24). The van der Waals surface area contributed by atoms with Crippen LogP contribution in [0.1, 0.15) is 36.0 Å². The van der Waals surface area contributed by atoms with E-state index in [1.54, 1.807) is 19.1 Å². The Balaban J connectivity index is 1.65. The van der Waals surface area contributed by atoms with Crippen LogP contribution in [0.4, 0.5) is 4.39 Å². The molecule has 0 bridgehead atoms. The van der Waals surface area contributed by atoms with Crippen LogP contribution < -0.4 is 4.74 Å². The van der Waals surface area contributed by atoms with E-state index in [4.69, 9.17) is 14.4 Å². The van der Waals surface area contributed by atoms with E-state index in [0.717, 1.165) is 12.8 Å². The predicted octanol–water partition coefficient (Wildman–Crippen LogP) is 2.72. The first-order valence-electron chi connectivity index (χ1n) is 8.32. The summed E-state index contributed by atoms with van der Waals surface area (Å²) in [5.41, 5.74) is 0.0848. The third kappa shape index (κ3) is 4.19. The quantitative estimate of drug-likeness (QED) is 0.776. The van der Waals surface area contributed by atoms with E-state index >= 15 is 0 Å². The van der Waals surface area contributed by atoms with E-state index in [9.17, 15) is 14.0 Å². The Morgan fingerprint density at radius 3 is 2.81 bits per heavy atom. The summed E-state index contributed by atoms with van der Waals surface area (Å²) in [4.78, 5) is 25.2. The number of carboxylic acids is 1. The Kier molecular flexibility index (Phi) is 5.20. The number of rotatable bonds is 8. The molecule has 1 amide bonds. The monoisotopic (exact) mass is 362 g/mol. The molecule has 0 saturated heterocycles. The first-order chi connectivity index (χ1) is 12.5. The zero-order chi connectivity index (χ0) is 18.7. The molecule has 1 unspecified atom stereocenters. The summed E-state index contributed by atoms with van der Waals surface area (Å²) in [5.74, 6) is -2.14. The number of para-hydroxylation sites is 1. The highest BCUT2D eigenvalue weighted by Gasteiger charge is 2.36. The molecule has 3 rings (SSSR count). The maximum atomic E-state index is 13.5. The highest BCUT2D eigenvalue weighted by molar-refractivity contribution is 5.93. The van der Waals surface area contributed by atoms with Crippen LogP contribution in [0, 0.1) is 11.7 Å². The van der Waals surface area contributed by atoms with Gasteiger partial charge >= 0.3 is 5.97 Å². The number of aromatic nitrogens is 1. The van der Waals surface area contributed by atoms with Crippen molar-refractivity contribution < 1.29 is 28.3 Å². The van der Waals surface area contributed by atoms with E-state index in [1.165, 1.54) is 23.1 Å². The molecule has 0 spiro atoms. The average Bonchev–Trinajstić information content (AvgIpc) is 3.35. The van der Waals surface area contributed by atoms with Gasteiger partial charge in [0.15, 0.2) is 23.0 Å². The Morgan fingerprint density at radius 1 is 1.42 bits per heavy atom. The van der Waals surface area contributed by atoms with Gasteiger partial charge in [-0.05, 0) is 25.0 Å². The molecule has 1 saturated carbocycles. The molecule has 0 aliphatic heterocycles. The Morgan fingerprint density at radius 2 is 2.15 bits per heavy atom. The van der Waals surface area contributed by atoms with Crippen molar-refractivity contribution in [3.8, 4) is 5.75 Å². The average molecular weight is 362 g/mol. The van der Waals surface area contributed by atoms with E-state index in [-0.39, 0.29) is 42.3 Å². The molecule has 138 valence electrons. The number of aliphatic carboxylic acids is 1. The molecule has 1 aromatic carbocycles. The molecule has 1 aliphatic rings. The molecule has 1 aliphatic carbocycles. The second kappa shape index (κ2) is 7.55. The van der Waals surface area contributed by atoms with Gasteiger partial charge in [0.25, 0.3) is 5.91 Å². The fourth-order valence-electron chi connectivity index (χ4n) is 2.50. The van der Waals surface area contributed by atoms with Crippen molar-refractivity contribution in [2.75, 3.05) is 6.54 Å². The lowest BCUT2D eigenvalue weighted by Crippen LogP contribution is -2.38. The fourth-order valence-corrected chi connectivity index (χ4v) is 2.50. The zero-order valence-corrected chi connectivity index (χ0v) is 14.2. The number of amides is 1. The molecule has 7 nitrogen and oxygen atoms in total. The van der Waals surface area contributed by atoms with Crippen LogP contribution in [0.25, 0.3) is 0 Å². The van der Waals surface area contributed by atoms with Gasteiger partial charge in [0.05, 0.1) is 5.92 Å². The SMILES string of the molecule is CC(CN(C(=O)c1cc(COc2ccccc2F)on1)C1CC1)C(=O)O. The van der Waals surface area contributed by atoms with Crippen molar-refractivity contribution in [2.45, 2.75) is 32.4 Å². The van der Waals surface area contributed by atoms with Crippen LogP contribution in [-0.4, -0.2) is 39.6 Å². The number of hydrogen-bond donors (Lipinski definition) is 1. The van der Waals surface area contributed by atoms with Crippen LogP contribution in [-0.2, 0) is 11.4 Å². The minimum Gasteiger partial charge on any atom is -0.482 e. The number of benzene rings is 1. The van der Waals surface area contributed by atoms with Gasteiger partial charge in [0, 0.05) is 18.7 Å². The summed E-state index contributed by atoms with van der Waals surface area (Å²) in [5, 5.41) is 12.8. The van der Waals surface area contributed by atoms with Crippen molar-refractivity contribution in [1.29, 1.82) is 0 Å². The Hall–Kier alpha value is -2.90. The highest BCUT2D eigenvalue weighted by atomic mass is 19.1. The fraction of sp³-hybridized carbons (Fsp3) is 0.389. The number of carbonyl (C=O) groups excluding carboxylic acids is 1. The van der Waals surface area contributed by atoms with Crippen LogP contribution in [0.15, 0.2) is 34.9 Å². The molecule has 26 heavy (non-hydrogen) atoms. The van der Waals surface area contributed by atoms with Crippen LogP contribution in [0.2, 0.25) is 0 Å². The van der Waals surface area contributed by atoms with Crippen LogP contribution >= 0.6 is 0 Å². The molecule has 0 radical (unpaired) electrons. The summed E-state index contributed by atoms with van der Waals surface area (Å²) in [6.45, 7) is 1.60. The highest BCUT2D eigenvalue weighted by Crippen LogP contribution is 2.29. The maximum Gasteiger partial charge on any atom is 0.308 e. The summed E-state index contributed by atoms with van der Waals surface area (Å²) in [7, 11) is 0. The molecule has 1 aromatic heterocycles. The number of hydrogen-bond acceptors (Lipinski definition) is 5. The van der Waals surface area contributed by atoms with E-state index in [0.29, 0.717) is 0 Å². The van der Waals surface area contributed by atoms with E-state index in [2.05, 4.69) is 5.16 Å². The summed E-state index contributed by atoms with van der Waals surface area (Å²) in [6, 6.07) is 7.44. The van der Waals surface area contributed by atoms with Crippen molar-refractivity contribution >= 4 is 11.9 Å². The molecule has 2 aromatic rings. The summed E-state index contributed by atoms with van der Waals surface area (Å²) < 4.78 is 23.9. The van der Waals surface area contributed by atoms with Gasteiger partial charge in [-0.1, -0.05) is 24.2 Å². The molecule has 1 atom stereocenters. The zero-order valence-electron chi connectivity index (χ0n) is 14.2. The third-order valence-electron chi connectivity index (χ3n) is 4.13. The summed E-state index contributed by atoms with van der Waals surface area (Å²) in [6.07, 6.45) is 1.69. The minimum absolute atomic E-state index is 0.0408.